The molecule has 0 unspecified atom stereocenters. The summed E-state index contributed by atoms with van der Waals surface area (Å²) in [4.78, 5) is -0.105. The van der Waals surface area contributed by atoms with Gasteiger partial charge in [-0.05, 0) is 36.6 Å². The van der Waals surface area contributed by atoms with Crippen molar-refractivity contribution in [2.75, 3.05) is 6.61 Å². The predicted octanol–water partition coefficient (Wildman–Crippen LogP) is 3.28. The van der Waals surface area contributed by atoms with E-state index in [0.29, 0.717) is 12.4 Å². The molecule has 0 heterocycles. The van der Waals surface area contributed by atoms with Crippen molar-refractivity contribution < 1.29 is 17.7 Å². The number of ether oxygens (including phenoxy) is 1. The van der Waals surface area contributed by atoms with E-state index in [9.17, 15) is 8.42 Å². The molecule has 1 aromatic carbocycles. The van der Waals surface area contributed by atoms with Gasteiger partial charge in [0.05, 0.1) is 11.5 Å². The zero-order valence-electron chi connectivity index (χ0n) is 10.9. The summed E-state index contributed by atoms with van der Waals surface area (Å²) in [6.07, 6.45) is 7.66. The van der Waals surface area contributed by atoms with Crippen LogP contribution in [0.1, 0.15) is 38.5 Å². The largest absolute Gasteiger partial charge is 0.494 e. The summed E-state index contributed by atoms with van der Waals surface area (Å²) < 4.78 is 36.2. The molecule has 19 heavy (non-hydrogen) atoms. The average molecular weight is 284 g/mol. The molecule has 1 aliphatic carbocycles. The minimum Gasteiger partial charge on any atom is -0.494 e. The van der Waals surface area contributed by atoms with Crippen molar-refractivity contribution in [1.29, 1.82) is 0 Å². The van der Waals surface area contributed by atoms with Gasteiger partial charge in [0.25, 0.3) is 10.1 Å². The fraction of sp³-hybridized carbons (Fsp3) is 0.571. The topological polar surface area (TPSA) is 63.6 Å². The normalized spacial score (nSPS) is 17.3. The third kappa shape index (κ3) is 4.51. The van der Waals surface area contributed by atoms with Crippen LogP contribution in [0.2, 0.25) is 0 Å². The summed E-state index contributed by atoms with van der Waals surface area (Å²) in [6.45, 7) is 0.663. The molecule has 1 aromatic rings. The smallest absolute Gasteiger partial charge is 0.294 e. The first kappa shape index (κ1) is 14.3. The lowest BCUT2D eigenvalue weighted by molar-refractivity contribution is 0.246. The number of rotatable bonds is 5. The second-order valence-electron chi connectivity index (χ2n) is 5.09. The van der Waals surface area contributed by atoms with Gasteiger partial charge in [-0.25, -0.2) is 0 Å². The van der Waals surface area contributed by atoms with E-state index in [0.717, 1.165) is 12.3 Å². The van der Waals surface area contributed by atoms with Crippen LogP contribution in [0.15, 0.2) is 29.2 Å². The molecule has 0 aliphatic heterocycles. The molecule has 2 rings (SSSR count). The van der Waals surface area contributed by atoms with Crippen molar-refractivity contribution in [3.05, 3.63) is 24.3 Å². The number of hydrogen-bond donors (Lipinski definition) is 1. The minimum absolute atomic E-state index is 0.105. The Morgan fingerprint density at radius 3 is 2.32 bits per heavy atom. The molecule has 5 heteroatoms. The fourth-order valence-electron chi connectivity index (χ4n) is 2.53. The van der Waals surface area contributed by atoms with E-state index in [1.165, 1.54) is 44.2 Å². The van der Waals surface area contributed by atoms with Gasteiger partial charge >= 0.3 is 0 Å². The summed E-state index contributed by atoms with van der Waals surface area (Å²) >= 11 is 0. The second kappa shape index (κ2) is 6.39. The first-order valence-corrected chi connectivity index (χ1v) is 8.20. The second-order valence-corrected chi connectivity index (χ2v) is 6.51. The van der Waals surface area contributed by atoms with Crippen LogP contribution >= 0.6 is 0 Å². The number of benzene rings is 1. The van der Waals surface area contributed by atoms with E-state index in [4.69, 9.17) is 9.29 Å². The maximum atomic E-state index is 10.9. The Bertz CT molecular complexity index is 487. The maximum absolute atomic E-state index is 10.9. The third-order valence-electron chi connectivity index (χ3n) is 3.64. The van der Waals surface area contributed by atoms with Gasteiger partial charge in [-0.15, -0.1) is 0 Å². The molecule has 0 amide bonds. The van der Waals surface area contributed by atoms with Crippen molar-refractivity contribution in [1.82, 2.24) is 0 Å². The highest BCUT2D eigenvalue weighted by Gasteiger charge is 2.13. The Labute approximate surface area is 114 Å². The van der Waals surface area contributed by atoms with E-state index in [1.807, 2.05) is 0 Å². The molecular formula is C14H20O4S. The Kier molecular flexibility index (Phi) is 4.82. The molecule has 0 spiro atoms. The molecule has 0 aromatic heterocycles. The molecule has 4 nitrogen and oxygen atoms in total. The van der Waals surface area contributed by atoms with Gasteiger partial charge < -0.3 is 4.74 Å². The Morgan fingerprint density at radius 2 is 1.74 bits per heavy atom. The predicted molar refractivity (Wildman–Crippen MR) is 72.9 cm³/mol. The van der Waals surface area contributed by atoms with Gasteiger partial charge in [-0.1, -0.05) is 32.1 Å². The summed E-state index contributed by atoms with van der Waals surface area (Å²) in [5.41, 5.74) is 0. The zero-order chi connectivity index (χ0) is 13.7. The van der Waals surface area contributed by atoms with E-state index in [2.05, 4.69) is 0 Å². The SMILES string of the molecule is O=S(=O)(O)c1ccc(OCCC2CCCCC2)cc1. The van der Waals surface area contributed by atoms with Crippen molar-refractivity contribution in [2.24, 2.45) is 5.92 Å². The molecule has 1 saturated carbocycles. The molecule has 1 fully saturated rings. The Balaban J connectivity index is 1.80. The summed E-state index contributed by atoms with van der Waals surface area (Å²) in [6, 6.07) is 5.85. The monoisotopic (exact) mass is 284 g/mol. The maximum Gasteiger partial charge on any atom is 0.294 e. The summed E-state index contributed by atoms with van der Waals surface area (Å²) in [7, 11) is -4.11. The van der Waals surface area contributed by atoms with Crippen LogP contribution in [0, 0.1) is 5.92 Å². The summed E-state index contributed by atoms with van der Waals surface area (Å²) in [5.74, 6) is 1.41. The van der Waals surface area contributed by atoms with E-state index in [1.54, 1.807) is 12.1 Å². The van der Waals surface area contributed by atoms with Crippen molar-refractivity contribution in [3.8, 4) is 5.75 Å². The van der Waals surface area contributed by atoms with Crippen LogP contribution in [0.4, 0.5) is 0 Å². The van der Waals surface area contributed by atoms with Crippen molar-refractivity contribution in [3.63, 3.8) is 0 Å². The van der Waals surface area contributed by atoms with Gasteiger partial charge in [0.1, 0.15) is 5.75 Å². The van der Waals surface area contributed by atoms with Crippen LogP contribution < -0.4 is 4.74 Å². The quantitative estimate of drug-likeness (QED) is 0.843. The highest BCUT2D eigenvalue weighted by Crippen LogP contribution is 2.26. The minimum atomic E-state index is -4.11. The molecule has 106 valence electrons. The van der Waals surface area contributed by atoms with Crippen LogP contribution in [0.3, 0.4) is 0 Å². The fourth-order valence-corrected chi connectivity index (χ4v) is 3.01. The van der Waals surface area contributed by atoms with Crippen LogP contribution in [0.5, 0.6) is 5.75 Å². The van der Waals surface area contributed by atoms with Crippen LogP contribution in [0.25, 0.3) is 0 Å². The first-order chi connectivity index (χ1) is 9.05. The molecular weight excluding hydrogens is 264 g/mol. The summed E-state index contributed by atoms with van der Waals surface area (Å²) in [5, 5.41) is 0. The van der Waals surface area contributed by atoms with E-state index in [-0.39, 0.29) is 4.90 Å². The lowest BCUT2D eigenvalue weighted by Crippen LogP contribution is -2.10. The third-order valence-corrected chi connectivity index (χ3v) is 4.51. The molecule has 0 saturated heterocycles. The zero-order valence-corrected chi connectivity index (χ0v) is 11.7. The van der Waals surface area contributed by atoms with E-state index < -0.39 is 10.1 Å². The Morgan fingerprint density at radius 1 is 1.11 bits per heavy atom. The van der Waals surface area contributed by atoms with Gasteiger partial charge in [0.2, 0.25) is 0 Å². The van der Waals surface area contributed by atoms with E-state index >= 15 is 0 Å². The van der Waals surface area contributed by atoms with Crippen molar-refractivity contribution >= 4 is 10.1 Å². The highest BCUT2D eigenvalue weighted by atomic mass is 32.2. The molecule has 1 N–H and O–H groups in total. The van der Waals surface area contributed by atoms with Crippen molar-refractivity contribution in [2.45, 2.75) is 43.4 Å². The average Bonchev–Trinajstić information content (AvgIpc) is 2.39. The van der Waals surface area contributed by atoms with Crippen LogP contribution in [-0.2, 0) is 10.1 Å². The molecule has 0 atom stereocenters. The standard InChI is InChI=1S/C14H20O4S/c15-19(16,17)14-8-6-13(7-9-14)18-11-10-12-4-2-1-3-5-12/h6-9,12H,1-5,10-11H2,(H,15,16,17). The highest BCUT2D eigenvalue weighted by molar-refractivity contribution is 7.85. The molecule has 1 aliphatic rings. The van der Waals surface area contributed by atoms with Gasteiger partial charge in [0, 0.05) is 0 Å². The molecule has 0 radical (unpaired) electrons. The van der Waals surface area contributed by atoms with Crippen LogP contribution in [-0.4, -0.2) is 19.6 Å². The van der Waals surface area contributed by atoms with Gasteiger partial charge in [0.15, 0.2) is 0 Å². The lowest BCUT2D eigenvalue weighted by Gasteiger charge is -2.21. The van der Waals surface area contributed by atoms with Gasteiger partial charge in [-0.2, -0.15) is 8.42 Å². The Hall–Kier alpha value is -1.07. The number of hydrogen-bond acceptors (Lipinski definition) is 3. The first-order valence-electron chi connectivity index (χ1n) is 6.76. The molecule has 0 bridgehead atoms. The lowest BCUT2D eigenvalue weighted by atomic mass is 9.87. The van der Waals surface area contributed by atoms with Gasteiger partial charge in [-0.3, -0.25) is 4.55 Å².